The summed E-state index contributed by atoms with van der Waals surface area (Å²) in [6.07, 6.45) is 4.92. The van der Waals surface area contributed by atoms with E-state index in [1.807, 2.05) is 6.08 Å². The highest BCUT2D eigenvalue weighted by molar-refractivity contribution is 7.88. The molecule has 0 N–H and O–H groups in total. The molecule has 4 atom stereocenters. The van der Waals surface area contributed by atoms with Crippen LogP contribution in [0.15, 0.2) is 45.7 Å². The first-order valence-electron chi connectivity index (χ1n) is 6.45. The molecule has 0 spiro atoms. The number of hydrogen-bond donors (Lipinski definition) is 0. The highest BCUT2D eigenvalue weighted by atomic mass is 32.2. The second kappa shape index (κ2) is 5.02. The number of ether oxygens (including phenoxy) is 1. The van der Waals surface area contributed by atoms with Crippen LogP contribution in [-0.2, 0) is 20.2 Å². The summed E-state index contributed by atoms with van der Waals surface area (Å²) in [5, 5.41) is 0.269. The first-order chi connectivity index (χ1) is 9.20. The van der Waals surface area contributed by atoms with E-state index in [-0.39, 0.29) is 33.9 Å². The largest absolute Gasteiger partial charge is 0.377 e. The molecule has 1 aliphatic carbocycles. The van der Waals surface area contributed by atoms with Crippen LogP contribution < -0.4 is 0 Å². The molecule has 0 radical (unpaired) electrons. The average molecular weight is 275 g/mol. The van der Waals surface area contributed by atoms with Crippen LogP contribution in [-0.4, -0.2) is 24.4 Å². The van der Waals surface area contributed by atoms with Crippen molar-refractivity contribution in [2.45, 2.75) is 29.6 Å². The zero-order valence-corrected chi connectivity index (χ0v) is 11.9. The van der Waals surface area contributed by atoms with E-state index in [4.69, 9.17) is 4.74 Å². The Morgan fingerprint density at radius 3 is 2.74 bits per heavy atom. The van der Waals surface area contributed by atoms with Gasteiger partial charge >= 0.3 is 0 Å². The number of carbonyl (C=O) groups excluding carboxylic acids is 1. The molecule has 1 amide bonds. The molecule has 4 heteroatoms. The van der Waals surface area contributed by atoms with E-state index in [0.717, 1.165) is 11.3 Å². The molecule has 100 valence electrons. The van der Waals surface area contributed by atoms with Gasteiger partial charge in [0.2, 0.25) is 0 Å². The van der Waals surface area contributed by atoms with Gasteiger partial charge in [-0.2, -0.15) is 4.36 Å². The fourth-order valence-electron chi connectivity index (χ4n) is 2.71. The van der Waals surface area contributed by atoms with E-state index in [0.29, 0.717) is 0 Å². The van der Waals surface area contributed by atoms with Crippen LogP contribution in [0.3, 0.4) is 0 Å². The molecule has 1 heterocycles. The third kappa shape index (κ3) is 2.19. The lowest BCUT2D eigenvalue weighted by Gasteiger charge is -2.27. The minimum Gasteiger partial charge on any atom is -0.377 e. The highest BCUT2D eigenvalue weighted by Gasteiger charge is 2.43. The van der Waals surface area contributed by atoms with Gasteiger partial charge in [0.25, 0.3) is 5.91 Å². The summed E-state index contributed by atoms with van der Waals surface area (Å²) in [5.41, 5.74) is 1.23. The highest BCUT2D eigenvalue weighted by Crippen LogP contribution is 2.36. The van der Waals surface area contributed by atoms with E-state index < -0.39 is 0 Å². The number of benzene rings is 1. The van der Waals surface area contributed by atoms with Crippen molar-refractivity contribution in [3.05, 3.63) is 42.0 Å². The zero-order chi connectivity index (χ0) is 13.4. The lowest BCUT2D eigenvalue weighted by atomic mass is 9.90. The Kier molecular flexibility index (Phi) is 3.37. The lowest BCUT2D eigenvalue weighted by Crippen LogP contribution is -2.37. The van der Waals surface area contributed by atoms with E-state index in [1.165, 1.54) is 5.56 Å². The van der Waals surface area contributed by atoms with Crippen molar-refractivity contribution in [1.29, 1.82) is 0 Å². The maximum absolute atomic E-state index is 12.2. The number of fused-ring (bicyclic) bond motifs is 1. The van der Waals surface area contributed by atoms with E-state index in [2.05, 4.69) is 41.6 Å². The van der Waals surface area contributed by atoms with Crippen LogP contribution in [0.2, 0.25) is 0 Å². The smallest absolute Gasteiger partial charge is 0.259 e. The molecule has 1 aromatic carbocycles. The predicted octanol–water partition coefficient (Wildman–Crippen LogP) is 2.66. The zero-order valence-electron chi connectivity index (χ0n) is 11.1. The lowest BCUT2D eigenvalue weighted by molar-refractivity contribution is -0.124. The number of methoxy groups -OCH3 is 1. The van der Waals surface area contributed by atoms with Crippen molar-refractivity contribution < 1.29 is 9.53 Å². The van der Waals surface area contributed by atoms with Gasteiger partial charge in [-0.1, -0.05) is 40.5 Å². The van der Waals surface area contributed by atoms with Crippen molar-refractivity contribution in [1.82, 2.24) is 0 Å². The first kappa shape index (κ1) is 12.8. The van der Waals surface area contributed by atoms with Gasteiger partial charge < -0.3 is 4.74 Å². The topological polar surface area (TPSA) is 38.7 Å². The second-order valence-corrected chi connectivity index (χ2v) is 6.87. The second-order valence-electron chi connectivity index (χ2n) is 4.99. The minimum absolute atomic E-state index is 0.00473. The van der Waals surface area contributed by atoms with Crippen molar-refractivity contribution >= 4 is 16.6 Å². The quantitative estimate of drug-likeness (QED) is 0.778. The van der Waals surface area contributed by atoms with Gasteiger partial charge in [0, 0.05) is 17.3 Å². The van der Waals surface area contributed by atoms with Gasteiger partial charge in [0.15, 0.2) is 0 Å². The van der Waals surface area contributed by atoms with Gasteiger partial charge in [-0.3, -0.25) is 4.79 Å². The maximum atomic E-state index is 12.2. The Morgan fingerprint density at radius 2 is 2.05 bits per heavy atom. The summed E-state index contributed by atoms with van der Waals surface area (Å²) in [6, 6.07) is 8.36. The van der Waals surface area contributed by atoms with Crippen molar-refractivity contribution in [2.24, 2.45) is 10.3 Å². The van der Waals surface area contributed by atoms with Gasteiger partial charge in [-0.05, 0) is 25.5 Å². The molecule has 0 saturated carbocycles. The average Bonchev–Trinajstić information content (AvgIpc) is 2.77. The normalized spacial score (nSPS) is 33.1. The molecule has 0 bridgehead atoms. The standard InChI is InChI=1S/C15H17NO2S/c1-10-6-8-11(9-7-10)19-13-5-3-4-12(18-2)14(13)15(17)16-19/h3-4,6-9,12-14H,5H2,1-2H3/t12-,13+,14-,19-/m0/s1. The van der Waals surface area contributed by atoms with Gasteiger partial charge in [0.05, 0.1) is 12.0 Å². The fraction of sp³-hybridized carbons (Fsp3) is 0.400. The SMILES string of the molecule is CO[C@H]1C=CC[C@@H]2[C@H]1C(=O)N=[S@]2c1ccc(C)cc1. The van der Waals surface area contributed by atoms with Gasteiger partial charge in [-0.15, -0.1) is 0 Å². The van der Waals surface area contributed by atoms with Crippen molar-refractivity contribution in [3.8, 4) is 0 Å². The molecule has 3 nitrogen and oxygen atoms in total. The van der Waals surface area contributed by atoms with E-state index in [9.17, 15) is 4.79 Å². The van der Waals surface area contributed by atoms with Crippen LogP contribution in [0.4, 0.5) is 0 Å². The Balaban J connectivity index is 1.96. The Morgan fingerprint density at radius 1 is 1.32 bits per heavy atom. The summed E-state index contributed by atoms with van der Waals surface area (Å²) in [4.78, 5) is 13.3. The molecular formula is C15H17NO2S. The van der Waals surface area contributed by atoms with Crippen molar-refractivity contribution in [2.75, 3.05) is 7.11 Å². The molecule has 0 saturated heterocycles. The van der Waals surface area contributed by atoms with Crippen LogP contribution >= 0.6 is 0 Å². The third-order valence-corrected chi connectivity index (χ3v) is 5.93. The number of aryl methyl sites for hydroxylation is 1. The van der Waals surface area contributed by atoms with Crippen molar-refractivity contribution in [3.63, 3.8) is 0 Å². The summed E-state index contributed by atoms with van der Waals surface area (Å²) in [6.45, 7) is 2.07. The molecule has 1 aromatic rings. The van der Waals surface area contributed by atoms with Crippen LogP contribution in [0.1, 0.15) is 12.0 Å². The number of amides is 1. The molecule has 19 heavy (non-hydrogen) atoms. The monoisotopic (exact) mass is 275 g/mol. The van der Waals surface area contributed by atoms with Crippen LogP contribution in [0.25, 0.3) is 0 Å². The summed E-state index contributed by atoms with van der Waals surface area (Å²) < 4.78 is 9.82. The molecule has 0 fully saturated rings. The van der Waals surface area contributed by atoms with Gasteiger partial charge in [0.1, 0.15) is 0 Å². The summed E-state index contributed by atoms with van der Waals surface area (Å²) >= 11 is 0. The van der Waals surface area contributed by atoms with Gasteiger partial charge in [-0.25, -0.2) is 0 Å². The number of allylic oxidation sites excluding steroid dienone is 1. The molecular weight excluding hydrogens is 258 g/mol. The third-order valence-electron chi connectivity index (χ3n) is 3.74. The minimum atomic E-state index is -0.324. The summed E-state index contributed by atoms with van der Waals surface area (Å²) in [7, 11) is 1.34. The number of carbonyl (C=O) groups is 1. The summed E-state index contributed by atoms with van der Waals surface area (Å²) in [5.74, 6) is -0.0928. The molecule has 2 aliphatic rings. The molecule has 0 aromatic heterocycles. The molecule has 0 unspecified atom stereocenters. The van der Waals surface area contributed by atoms with Crippen LogP contribution in [0.5, 0.6) is 0 Å². The fourth-order valence-corrected chi connectivity index (χ4v) is 4.87. The Hall–Kier alpha value is -1.26. The predicted molar refractivity (Wildman–Crippen MR) is 76.1 cm³/mol. The van der Waals surface area contributed by atoms with Crippen LogP contribution in [0, 0.1) is 12.8 Å². The Bertz CT molecular complexity index is 562. The maximum Gasteiger partial charge on any atom is 0.259 e. The number of nitrogens with zero attached hydrogens (tertiary/aromatic N) is 1. The number of hydrogen-bond acceptors (Lipinski definition) is 2. The number of rotatable bonds is 2. The Labute approximate surface area is 115 Å². The first-order valence-corrected chi connectivity index (χ1v) is 7.70. The molecule has 3 rings (SSSR count). The van der Waals surface area contributed by atoms with E-state index >= 15 is 0 Å². The van der Waals surface area contributed by atoms with E-state index in [1.54, 1.807) is 7.11 Å². The molecule has 1 aliphatic heterocycles.